The predicted octanol–water partition coefficient (Wildman–Crippen LogP) is -1.72. The minimum atomic E-state index is -0.462. The highest BCUT2D eigenvalue weighted by Crippen LogP contribution is 1.93. The average Bonchev–Trinajstić information content (AvgIpc) is 2.37. The van der Waals surface area contributed by atoms with Crippen LogP contribution in [0.15, 0.2) is 0 Å². The van der Waals surface area contributed by atoms with Gasteiger partial charge in [0.05, 0.1) is 6.54 Å². The number of urea groups is 1. The van der Waals surface area contributed by atoms with E-state index in [1.807, 2.05) is 11.9 Å². The number of carbonyl (C=O) groups is 2. The molecule has 1 fully saturated rings. The van der Waals surface area contributed by atoms with Crippen molar-refractivity contribution in [3.8, 4) is 0 Å². The molecule has 0 radical (unpaired) electrons. The van der Waals surface area contributed by atoms with Gasteiger partial charge in [-0.3, -0.25) is 19.9 Å². The van der Waals surface area contributed by atoms with Crippen LogP contribution < -0.4 is 16.0 Å². The molecule has 0 bridgehead atoms. The van der Waals surface area contributed by atoms with E-state index in [1.54, 1.807) is 0 Å². The number of likely N-dealkylation sites (N-methyl/N-ethyl adjacent to an activating group) is 1. The van der Waals surface area contributed by atoms with Gasteiger partial charge in [-0.2, -0.15) is 0 Å². The first-order chi connectivity index (χ1) is 8.61. The summed E-state index contributed by atoms with van der Waals surface area (Å²) in [4.78, 5) is 26.7. The summed E-state index contributed by atoms with van der Waals surface area (Å²) >= 11 is 0. The molecule has 1 saturated heterocycles. The quantitative estimate of drug-likeness (QED) is 0.546. The van der Waals surface area contributed by atoms with E-state index < -0.39 is 6.03 Å². The number of nitrogens with zero attached hydrogens (tertiary/aromatic N) is 2. The molecule has 1 aliphatic heterocycles. The third kappa shape index (κ3) is 5.95. The number of piperazine rings is 1. The molecule has 7 nitrogen and oxygen atoms in total. The lowest BCUT2D eigenvalue weighted by Crippen LogP contribution is -2.47. The first-order valence-corrected chi connectivity index (χ1v) is 6.25. The third-order valence-electron chi connectivity index (χ3n) is 2.90. The molecule has 0 aromatic carbocycles. The van der Waals surface area contributed by atoms with Crippen molar-refractivity contribution in [2.24, 2.45) is 0 Å². The van der Waals surface area contributed by atoms with Crippen LogP contribution >= 0.6 is 0 Å². The first kappa shape index (κ1) is 14.9. The fourth-order valence-electron chi connectivity index (χ4n) is 1.80. The Morgan fingerprint density at radius 2 is 2.00 bits per heavy atom. The van der Waals surface area contributed by atoms with Crippen molar-refractivity contribution < 1.29 is 9.59 Å². The van der Waals surface area contributed by atoms with E-state index in [1.165, 1.54) is 7.05 Å². The Bertz CT molecular complexity index is 279. The lowest BCUT2D eigenvalue weighted by atomic mass is 10.3. The number of rotatable bonds is 5. The molecule has 7 heteroatoms. The molecule has 0 spiro atoms. The van der Waals surface area contributed by atoms with E-state index in [0.29, 0.717) is 0 Å². The Morgan fingerprint density at radius 1 is 1.33 bits per heavy atom. The number of hydrogen-bond acceptors (Lipinski definition) is 5. The standard InChI is InChI=1S/C11H23N5O2/c1-12-11(18)14-10(17)9-15(2)7-8-16-5-3-13-4-6-16/h13H,3-9H2,1-2H3,(H2,12,14,17,18). The topological polar surface area (TPSA) is 76.7 Å². The van der Waals surface area contributed by atoms with Gasteiger partial charge in [-0.05, 0) is 7.05 Å². The second-order valence-electron chi connectivity index (χ2n) is 4.46. The van der Waals surface area contributed by atoms with Crippen LogP contribution in [-0.2, 0) is 4.79 Å². The molecule has 1 aliphatic rings. The predicted molar refractivity (Wildman–Crippen MR) is 69.4 cm³/mol. The third-order valence-corrected chi connectivity index (χ3v) is 2.90. The van der Waals surface area contributed by atoms with E-state index in [-0.39, 0.29) is 12.5 Å². The lowest BCUT2D eigenvalue weighted by molar-refractivity contribution is -0.120. The van der Waals surface area contributed by atoms with Gasteiger partial charge < -0.3 is 10.6 Å². The maximum Gasteiger partial charge on any atom is 0.321 e. The molecule has 104 valence electrons. The Balaban J connectivity index is 2.14. The van der Waals surface area contributed by atoms with Gasteiger partial charge in [0.1, 0.15) is 0 Å². The van der Waals surface area contributed by atoms with Crippen molar-refractivity contribution in [1.29, 1.82) is 0 Å². The number of hydrogen-bond donors (Lipinski definition) is 3. The van der Waals surface area contributed by atoms with Crippen molar-refractivity contribution in [3.63, 3.8) is 0 Å². The van der Waals surface area contributed by atoms with Crippen molar-refractivity contribution in [2.45, 2.75) is 0 Å². The molecule has 3 N–H and O–H groups in total. The van der Waals surface area contributed by atoms with E-state index >= 15 is 0 Å². The van der Waals surface area contributed by atoms with E-state index in [9.17, 15) is 9.59 Å². The molecule has 0 unspecified atom stereocenters. The minimum absolute atomic E-state index is 0.236. The van der Waals surface area contributed by atoms with Crippen LogP contribution in [0, 0.1) is 0 Å². The van der Waals surface area contributed by atoms with Crippen molar-refractivity contribution in [3.05, 3.63) is 0 Å². The summed E-state index contributed by atoms with van der Waals surface area (Å²) in [6, 6.07) is -0.462. The molecule has 0 aromatic heterocycles. The van der Waals surface area contributed by atoms with E-state index in [2.05, 4.69) is 20.9 Å². The van der Waals surface area contributed by atoms with Gasteiger partial charge in [0.15, 0.2) is 0 Å². The molecule has 18 heavy (non-hydrogen) atoms. The molecule has 0 aliphatic carbocycles. The van der Waals surface area contributed by atoms with Gasteiger partial charge in [0, 0.05) is 46.3 Å². The van der Waals surface area contributed by atoms with Gasteiger partial charge in [-0.15, -0.1) is 0 Å². The summed E-state index contributed by atoms with van der Waals surface area (Å²) in [5.74, 6) is -0.280. The van der Waals surface area contributed by atoms with Gasteiger partial charge in [-0.1, -0.05) is 0 Å². The largest absolute Gasteiger partial charge is 0.341 e. The van der Waals surface area contributed by atoms with Crippen LogP contribution in [0.2, 0.25) is 0 Å². The number of nitrogens with one attached hydrogen (secondary N) is 3. The van der Waals surface area contributed by atoms with Gasteiger partial charge in [0.2, 0.25) is 5.91 Å². The van der Waals surface area contributed by atoms with Crippen LogP contribution in [0.4, 0.5) is 4.79 Å². The van der Waals surface area contributed by atoms with Crippen LogP contribution in [0.1, 0.15) is 0 Å². The van der Waals surface area contributed by atoms with Crippen LogP contribution in [0.5, 0.6) is 0 Å². The highest BCUT2D eigenvalue weighted by molar-refractivity contribution is 5.95. The molecular formula is C11H23N5O2. The minimum Gasteiger partial charge on any atom is -0.341 e. The molecule has 3 amide bonds. The zero-order chi connectivity index (χ0) is 13.4. The summed E-state index contributed by atoms with van der Waals surface area (Å²) in [5, 5.41) is 7.89. The maximum absolute atomic E-state index is 11.4. The van der Waals surface area contributed by atoms with E-state index in [0.717, 1.165) is 39.3 Å². The molecule has 1 heterocycles. The number of imide groups is 1. The van der Waals surface area contributed by atoms with Crippen LogP contribution in [-0.4, -0.2) is 81.6 Å². The molecule has 1 rings (SSSR count). The van der Waals surface area contributed by atoms with Crippen molar-refractivity contribution in [1.82, 2.24) is 25.8 Å². The van der Waals surface area contributed by atoms with Crippen LogP contribution in [0.3, 0.4) is 0 Å². The summed E-state index contributed by atoms with van der Waals surface area (Å²) in [6.45, 7) is 6.17. The Morgan fingerprint density at radius 3 is 2.61 bits per heavy atom. The molecule has 0 atom stereocenters. The van der Waals surface area contributed by atoms with Crippen LogP contribution in [0.25, 0.3) is 0 Å². The smallest absolute Gasteiger partial charge is 0.321 e. The maximum atomic E-state index is 11.4. The normalized spacial score (nSPS) is 16.6. The first-order valence-electron chi connectivity index (χ1n) is 6.25. The zero-order valence-corrected chi connectivity index (χ0v) is 11.2. The second-order valence-corrected chi connectivity index (χ2v) is 4.46. The summed E-state index contributed by atoms with van der Waals surface area (Å²) < 4.78 is 0. The second kappa shape index (κ2) is 8.02. The Hall–Kier alpha value is -1.18. The number of carbonyl (C=O) groups excluding carboxylic acids is 2. The summed E-state index contributed by atoms with van der Waals surface area (Å²) in [5.41, 5.74) is 0. The number of amides is 3. The summed E-state index contributed by atoms with van der Waals surface area (Å²) in [7, 11) is 3.36. The Labute approximate surface area is 108 Å². The fourth-order valence-corrected chi connectivity index (χ4v) is 1.80. The monoisotopic (exact) mass is 257 g/mol. The fraction of sp³-hybridized carbons (Fsp3) is 0.818. The molecule has 0 saturated carbocycles. The van der Waals surface area contributed by atoms with Gasteiger partial charge in [0.25, 0.3) is 0 Å². The highest BCUT2D eigenvalue weighted by atomic mass is 16.2. The van der Waals surface area contributed by atoms with Gasteiger partial charge in [-0.25, -0.2) is 4.79 Å². The highest BCUT2D eigenvalue weighted by Gasteiger charge is 2.12. The van der Waals surface area contributed by atoms with E-state index in [4.69, 9.17) is 0 Å². The van der Waals surface area contributed by atoms with Crippen molar-refractivity contribution in [2.75, 3.05) is 59.9 Å². The lowest BCUT2D eigenvalue weighted by Gasteiger charge is -2.28. The molecule has 0 aromatic rings. The van der Waals surface area contributed by atoms with Gasteiger partial charge >= 0.3 is 6.03 Å². The zero-order valence-electron chi connectivity index (χ0n) is 11.2. The summed E-state index contributed by atoms with van der Waals surface area (Å²) in [6.07, 6.45) is 0. The average molecular weight is 257 g/mol. The van der Waals surface area contributed by atoms with Crippen molar-refractivity contribution >= 4 is 11.9 Å². The SMILES string of the molecule is CNC(=O)NC(=O)CN(C)CCN1CCNCC1. The Kier molecular flexibility index (Phi) is 6.63. The molecular weight excluding hydrogens is 234 g/mol.